The van der Waals surface area contributed by atoms with Crippen LogP contribution in [-0.2, 0) is 9.59 Å². The number of anilines is 1. The fraction of sp³-hybridized carbons (Fsp3) is 0.333. The fourth-order valence-corrected chi connectivity index (χ4v) is 1.47. The van der Waals surface area contributed by atoms with Crippen LogP contribution >= 0.6 is 0 Å². The number of aldehydes is 1. The Kier molecular flexibility index (Phi) is 4.53. The van der Waals surface area contributed by atoms with E-state index in [9.17, 15) is 9.59 Å². The number of amides is 1. The van der Waals surface area contributed by atoms with Crippen LogP contribution in [-0.4, -0.2) is 40.6 Å². The highest BCUT2D eigenvalue weighted by molar-refractivity contribution is 6.30. The molecule has 0 aliphatic rings. The number of likely N-dealkylation sites (N-methyl/N-ethyl adjacent to an activating group) is 1. The van der Waals surface area contributed by atoms with Gasteiger partial charge in [0.25, 0.3) is 5.91 Å². The third-order valence-electron chi connectivity index (χ3n) is 2.48. The lowest BCUT2D eigenvalue weighted by Gasteiger charge is -2.19. The molecule has 0 bridgehead atoms. The van der Waals surface area contributed by atoms with Gasteiger partial charge >= 0.3 is 0 Å². The molecule has 0 radical (unpaired) electrons. The summed E-state index contributed by atoms with van der Waals surface area (Å²) in [5.41, 5.74) is 0.423. The zero-order valence-electron chi connectivity index (χ0n) is 10.7. The maximum absolute atomic E-state index is 11.4. The molecule has 0 unspecified atom stereocenters. The van der Waals surface area contributed by atoms with Crippen molar-refractivity contribution in [1.82, 2.24) is 0 Å². The molecule has 1 rings (SSSR count). The van der Waals surface area contributed by atoms with Crippen LogP contribution in [0.15, 0.2) is 12.1 Å². The molecule has 0 fully saturated rings. The topological polar surface area (TPSA) is 65.1 Å². The van der Waals surface area contributed by atoms with Crippen LogP contribution in [0.2, 0.25) is 0 Å². The third kappa shape index (κ3) is 2.53. The largest absolute Gasteiger partial charge is 0.494 e. The Morgan fingerprint density at radius 2 is 1.56 bits per heavy atom. The van der Waals surface area contributed by atoms with Gasteiger partial charge in [0.05, 0.1) is 27.0 Å². The number of carbonyl (C=O) groups is 2. The molecule has 0 atom stereocenters. The molecule has 98 valence electrons. The molecular weight excluding hydrogens is 238 g/mol. The van der Waals surface area contributed by atoms with Crippen molar-refractivity contribution in [2.45, 2.75) is 0 Å². The van der Waals surface area contributed by atoms with Crippen molar-refractivity contribution < 1.29 is 23.8 Å². The summed E-state index contributed by atoms with van der Waals surface area (Å²) in [4.78, 5) is 23.0. The van der Waals surface area contributed by atoms with Gasteiger partial charge in [0.1, 0.15) is 5.75 Å². The monoisotopic (exact) mass is 253 g/mol. The quantitative estimate of drug-likeness (QED) is 0.575. The van der Waals surface area contributed by atoms with E-state index >= 15 is 0 Å². The van der Waals surface area contributed by atoms with Gasteiger partial charge in [0.15, 0.2) is 11.5 Å². The van der Waals surface area contributed by atoms with E-state index in [0.717, 1.165) is 0 Å². The summed E-state index contributed by atoms with van der Waals surface area (Å²) < 4.78 is 15.4. The Labute approximate surface area is 105 Å². The molecule has 1 aromatic rings. The number of ether oxygens (including phenoxy) is 3. The van der Waals surface area contributed by atoms with E-state index in [-0.39, 0.29) is 6.29 Å². The number of rotatable bonds is 5. The molecule has 0 aliphatic carbocycles. The lowest BCUT2D eigenvalue weighted by molar-refractivity contribution is -0.129. The number of benzene rings is 1. The summed E-state index contributed by atoms with van der Waals surface area (Å²) >= 11 is 0. The van der Waals surface area contributed by atoms with Crippen molar-refractivity contribution in [2.75, 3.05) is 33.3 Å². The normalized spacial score (nSPS) is 9.56. The Morgan fingerprint density at radius 3 is 2.00 bits per heavy atom. The highest BCUT2D eigenvalue weighted by Crippen LogP contribution is 2.39. The number of methoxy groups -OCH3 is 3. The number of hydrogen-bond acceptors (Lipinski definition) is 5. The van der Waals surface area contributed by atoms with Gasteiger partial charge in [-0.3, -0.25) is 9.59 Å². The van der Waals surface area contributed by atoms with Crippen LogP contribution in [0.5, 0.6) is 17.2 Å². The second-order valence-electron chi connectivity index (χ2n) is 3.39. The van der Waals surface area contributed by atoms with Crippen molar-refractivity contribution in [1.29, 1.82) is 0 Å². The van der Waals surface area contributed by atoms with Gasteiger partial charge in [-0.2, -0.15) is 0 Å². The van der Waals surface area contributed by atoms with E-state index < -0.39 is 5.91 Å². The van der Waals surface area contributed by atoms with Crippen LogP contribution < -0.4 is 19.1 Å². The van der Waals surface area contributed by atoms with Crippen molar-refractivity contribution in [3.63, 3.8) is 0 Å². The molecule has 0 aliphatic heterocycles. The Balaban J connectivity index is 3.33. The van der Waals surface area contributed by atoms with Gasteiger partial charge in [-0.1, -0.05) is 0 Å². The predicted molar refractivity (Wildman–Crippen MR) is 65.6 cm³/mol. The van der Waals surface area contributed by atoms with Gasteiger partial charge in [0.2, 0.25) is 6.29 Å². The van der Waals surface area contributed by atoms with E-state index in [1.165, 1.54) is 33.3 Å². The summed E-state index contributed by atoms with van der Waals surface area (Å²) in [7, 11) is 5.91. The molecule has 0 saturated heterocycles. The highest BCUT2D eigenvalue weighted by atomic mass is 16.5. The van der Waals surface area contributed by atoms with Gasteiger partial charge in [-0.05, 0) is 0 Å². The lowest BCUT2D eigenvalue weighted by Crippen LogP contribution is -2.27. The van der Waals surface area contributed by atoms with Crippen LogP contribution in [0.4, 0.5) is 5.69 Å². The SMILES string of the molecule is COc1cc(OC)c(N(C)C(=O)C=O)cc1OC. The molecule has 18 heavy (non-hydrogen) atoms. The number of carbonyl (C=O) groups excluding carboxylic acids is 2. The summed E-state index contributed by atoms with van der Waals surface area (Å²) in [5.74, 6) is 0.648. The molecule has 0 saturated carbocycles. The van der Waals surface area contributed by atoms with Gasteiger partial charge in [-0.25, -0.2) is 0 Å². The van der Waals surface area contributed by atoms with E-state index in [1.54, 1.807) is 12.1 Å². The van der Waals surface area contributed by atoms with Crippen LogP contribution in [0.3, 0.4) is 0 Å². The lowest BCUT2D eigenvalue weighted by atomic mass is 10.2. The second kappa shape index (κ2) is 5.90. The van der Waals surface area contributed by atoms with Gasteiger partial charge in [0, 0.05) is 19.2 Å². The van der Waals surface area contributed by atoms with Crippen LogP contribution in [0.25, 0.3) is 0 Å². The molecular formula is C12H15NO5. The zero-order valence-corrected chi connectivity index (χ0v) is 10.7. The molecule has 0 heterocycles. The van der Waals surface area contributed by atoms with Crippen molar-refractivity contribution in [3.8, 4) is 17.2 Å². The second-order valence-corrected chi connectivity index (χ2v) is 3.39. The first-order chi connectivity index (χ1) is 8.58. The first-order valence-corrected chi connectivity index (χ1v) is 5.11. The Hall–Kier alpha value is -2.24. The van der Waals surface area contributed by atoms with E-state index in [2.05, 4.69) is 0 Å². The smallest absolute Gasteiger partial charge is 0.290 e. The van der Waals surface area contributed by atoms with Gasteiger partial charge in [-0.15, -0.1) is 0 Å². The third-order valence-corrected chi connectivity index (χ3v) is 2.48. The molecule has 0 aromatic heterocycles. The highest BCUT2D eigenvalue weighted by Gasteiger charge is 2.18. The minimum Gasteiger partial charge on any atom is -0.494 e. The summed E-state index contributed by atoms with van der Waals surface area (Å²) in [5, 5.41) is 0. The minimum atomic E-state index is -0.680. The average molecular weight is 253 g/mol. The molecule has 0 N–H and O–H groups in total. The molecule has 6 nitrogen and oxygen atoms in total. The standard InChI is InChI=1S/C12H15NO5/c1-13(12(15)7-14)8-5-10(17-3)11(18-4)6-9(8)16-2/h5-7H,1-4H3. The summed E-state index contributed by atoms with van der Waals surface area (Å²) in [6.07, 6.45) is 0.232. The minimum absolute atomic E-state index is 0.232. The van der Waals surface area contributed by atoms with Crippen molar-refractivity contribution in [3.05, 3.63) is 12.1 Å². The van der Waals surface area contributed by atoms with E-state index in [4.69, 9.17) is 14.2 Å². The first kappa shape index (κ1) is 13.8. The Bertz CT molecular complexity index is 458. The van der Waals surface area contributed by atoms with E-state index in [1.807, 2.05) is 0 Å². The molecule has 0 spiro atoms. The maximum Gasteiger partial charge on any atom is 0.290 e. The van der Waals surface area contributed by atoms with Crippen LogP contribution in [0.1, 0.15) is 0 Å². The van der Waals surface area contributed by atoms with E-state index in [0.29, 0.717) is 22.9 Å². The van der Waals surface area contributed by atoms with Crippen LogP contribution in [0, 0.1) is 0 Å². The number of hydrogen-bond donors (Lipinski definition) is 0. The molecule has 1 amide bonds. The molecule has 6 heteroatoms. The average Bonchev–Trinajstić information content (AvgIpc) is 2.43. The predicted octanol–water partition coefficient (Wildman–Crippen LogP) is 0.874. The van der Waals surface area contributed by atoms with Gasteiger partial charge < -0.3 is 19.1 Å². The first-order valence-electron chi connectivity index (χ1n) is 5.11. The van der Waals surface area contributed by atoms with Crippen molar-refractivity contribution >= 4 is 17.9 Å². The maximum atomic E-state index is 11.4. The number of nitrogens with zero attached hydrogens (tertiary/aromatic N) is 1. The summed E-state index contributed by atoms with van der Waals surface area (Å²) in [6.45, 7) is 0. The Morgan fingerprint density at radius 1 is 1.06 bits per heavy atom. The van der Waals surface area contributed by atoms with Crippen molar-refractivity contribution in [2.24, 2.45) is 0 Å². The fourth-order valence-electron chi connectivity index (χ4n) is 1.47. The molecule has 1 aromatic carbocycles. The zero-order chi connectivity index (χ0) is 13.7. The summed E-state index contributed by atoms with van der Waals surface area (Å²) in [6, 6.07) is 3.15.